The normalized spacial score (nSPS) is 11.2. The Hall–Kier alpha value is -9.08. The van der Waals surface area contributed by atoms with Gasteiger partial charge in [-0.3, -0.25) is 19.9 Å². The van der Waals surface area contributed by atoms with Gasteiger partial charge in [0.05, 0.1) is 26.4 Å². The van der Waals surface area contributed by atoms with E-state index in [0.717, 1.165) is 138 Å². The second-order valence-corrected chi connectivity index (χ2v) is 18.5. The summed E-state index contributed by atoms with van der Waals surface area (Å²) in [5.74, 6) is 31.0. The lowest BCUT2D eigenvalue weighted by molar-refractivity contribution is 0.304. The number of hydrogen-bond donors (Lipinski definition) is 0. The fourth-order valence-corrected chi connectivity index (χ4v) is 9.05. The van der Waals surface area contributed by atoms with E-state index >= 15 is 0 Å². The van der Waals surface area contributed by atoms with Crippen molar-refractivity contribution in [1.29, 1.82) is 0 Å². The molecule has 8 nitrogen and oxygen atoms in total. The molecule has 8 bridgehead atoms. The Kier molecular flexibility index (Phi) is 17.9. The number of nitrogens with zero attached hydrogens (tertiary/aromatic N) is 4. The second-order valence-electron chi connectivity index (χ2n) is 18.5. The lowest BCUT2D eigenvalue weighted by Gasteiger charge is -2.24. The minimum Gasteiger partial charge on any atom is -0.493 e. The van der Waals surface area contributed by atoms with Crippen molar-refractivity contribution in [2.24, 2.45) is 0 Å². The quantitative estimate of drug-likeness (QED) is 0.112. The van der Waals surface area contributed by atoms with Gasteiger partial charge in [0.1, 0.15) is 23.0 Å². The summed E-state index contributed by atoms with van der Waals surface area (Å²) in [7, 11) is 0. The average Bonchev–Trinajstić information content (AvgIpc) is 3.46. The van der Waals surface area contributed by atoms with Crippen molar-refractivity contribution in [3.8, 4) is 70.4 Å². The summed E-state index contributed by atoms with van der Waals surface area (Å²) in [5.41, 5.74) is 14.8. The predicted octanol–water partition coefficient (Wildman–Crippen LogP) is 12.7. The van der Waals surface area contributed by atoms with E-state index in [0.29, 0.717) is 52.1 Å². The number of rotatable bonds is 12. The Labute approximate surface area is 448 Å². The molecule has 0 amide bonds. The average molecular weight is 997 g/mol. The van der Waals surface area contributed by atoms with Gasteiger partial charge in [0.2, 0.25) is 0 Å². The van der Waals surface area contributed by atoms with Crippen molar-refractivity contribution in [3.05, 3.63) is 236 Å². The van der Waals surface area contributed by atoms with Crippen LogP contribution in [-0.4, -0.2) is 46.4 Å². The van der Waals surface area contributed by atoms with Gasteiger partial charge >= 0.3 is 0 Å². The van der Waals surface area contributed by atoms with Crippen molar-refractivity contribution < 1.29 is 18.9 Å². The molecule has 0 aliphatic heterocycles. The van der Waals surface area contributed by atoms with E-state index in [2.05, 4.69) is 144 Å². The third-order valence-electron chi connectivity index (χ3n) is 12.4. The van der Waals surface area contributed by atoms with E-state index in [4.69, 9.17) is 18.9 Å². The van der Waals surface area contributed by atoms with Gasteiger partial charge < -0.3 is 18.9 Å². The third-order valence-corrected chi connectivity index (χ3v) is 12.4. The largest absolute Gasteiger partial charge is 0.493 e. The molecule has 4 aromatic heterocycles. The van der Waals surface area contributed by atoms with E-state index in [1.54, 1.807) is 49.6 Å². The van der Waals surface area contributed by atoms with Crippen molar-refractivity contribution >= 4 is 0 Å². The number of benzene rings is 4. The summed E-state index contributed by atoms with van der Waals surface area (Å²) in [6.45, 7) is 10.6. The van der Waals surface area contributed by atoms with Crippen LogP contribution < -0.4 is 18.9 Å². The molecule has 1 aliphatic carbocycles. The first-order valence-electron chi connectivity index (χ1n) is 26.3. The maximum atomic E-state index is 6.95. The molecule has 1 aliphatic rings. The van der Waals surface area contributed by atoms with Crippen LogP contribution in [0.25, 0.3) is 0 Å². The molecular weight excluding hydrogens is 937 g/mol. The van der Waals surface area contributed by atoms with Gasteiger partial charge in [-0.2, -0.15) is 0 Å². The van der Waals surface area contributed by atoms with Crippen LogP contribution in [0.4, 0.5) is 0 Å². The molecule has 8 heteroatoms. The van der Waals surface area contributed by atoms with Crippen LogP contribution in [0, 0.1) is 47.4 Å². The van der Waals surface area contributed by atoms with E-state index < -0.39 is 0 Å². The topological polar surface area (TPSA) is 88.5 Å². The van der Waals surface area contributed by atoms with Crippen LogP contribution in [0.5, 0.6) is 23.0 Å². The zero-order chi connectivity index (χ0) is 52.3. The SMILES string of the molecule is CCCOc1c2cc(C#Cc3ccncc3)cc1Cc1cc(C#Cc3ccncc3)cc(c1OCCC)Cc1cc(C#Cc3ccncc3)cc(c1OCCC)Cc1cc(C#Cc3ccncc3)cc(c1OCCC)C2. The fraction of sp³-hybridized carbons (Fsp3) is 0.235. The first kappa shape index (κ1) is 51.8. The molecule has 4 heterocycles. The van der Waals surface area contributed by atoms with Crippen molar-refractivity contribution in [2.75, 3.05) is 26.4 Å². The monoisotopic (exact) mass is 996 g/mol. The Bertz CT molecular complexity index is 2980. The second kappa shape index (κ2) is 26.2. The van der Waals surface area contributed by atoms with Crippen LogP contribution in [-0.2, 0) is 25.7 Å². The molecule has 0 atom stereocenters. The number of aromatic nitrogens is 4. The minimum atomic E-state index is 0.470. The van der Waals surface area contributed by atoms with E-state index in [-0.39, 0.29) is 0 Å². The molecule has 0 spiro atoms. The van der Waals surface area contributed by atoms with Crippen LogP contribution in [0.1, 0.15) is 142 Å². The Morgan fingerprint density at radius 1 is 0.276 bits per heavy atom. The van der Waals surface area contributed by atoms with Crippen molar-refractivity contribution in [1.82, 2.24) is 19.9 Å². The Balaban J connectivity index is 1.37. The zero-order valence-corrected chi connectivity index (χ0v) is 43.8. The highest BCUT2D eigenvalue weighted by atomic mass is 16.5. The summed E-state index contributed by atoms with van der Waals surface area (Å²) in [4.78, 5) is 16.9. The standard InChI is InChI=1S/C68H60N4O4/c1-5-33-73-65-57-37-53(13-9-49-17-25-69-26-18-49)38-58(65)46-60-40-55(15-11-51-21-29-71-30-22-51)42-62(67(60)75-35-7-3)48-64-44-56(16-12-52-23-31-72-32-24-52)43-63(68(64)76-36-8-4)47-61-41-54(14-10-50-19-27-70-28-20-50)39-59(45-57)66(61)74-34-6-2/h17-32,37-44H,5-8,33-36,45-48H2,1-4H3. The zero-order valence-electron chi connectivity index (χ0n) is 43.8. The van der Waals surface area contributed by atoms with Crippen LogP contribution in [0.2, 0.25) is 0 Å². The molecule has 0 saturated heterocycles. The molecule has 0 unspecified atom stereocenters. The summed E-state index contributed by atoms with van der Waals surface area (Å²) in [5, 5.41) is 0. The first-order chi connectivity index (χ1) is 37.5. The van der Waals surface area contributed by atoms with Crippen LogP contribution in [0.15, 0.2) is 147 Å². The maximum Gasteiger partial charge on any atom is 0.126 e. The highest BCUT2D eigenvalue weighted by molar-refractivity contribution is 5.63. The van der Waals surface area contributed by atoms with E-state index in [1.165, 1.54) is 0 Å². The van der Waals surface area contributed by atoms with Crippen molar-refractivity contribution in [3.63, 3.8) is 0 Å². The van der Waals surface area contributed by atoms with Gasteiger partial charge in [-0.05, 0) is 123 Å². The van der Waals surface area contributed by atoms with Gasteiger partial charge in [-0.1, -0.05) is 75.1 Å². The van der Waals surface area contributed by atoms with Crippen LogP contribution >= 0.6 is 0 Å². The molecule has 4 aromatic carbocycles. The lowest BCUT2D eigenvalue weighted by atomic mass is 9.88. The summed E-state index contributed by atoms with van der Waals surface area (Å²) < 4.78 is 27.8. The molecule has 8 aromatic rings. The van der Waals surface area contributed by atoms with Gasteiger partial charge in [-0.15, -0.1) is 0 Å². The maximum absolute atomic E-state index is 6.95. The molecule has 0 saturated carbocycles. The minimum absolute atomic E-state index is 0.470. The third kappa shape index (κ3) is 13.7. The molecule has 9 rings (SSSR count). The number of hydrogen-bond acceptors (Lipinski definition) is 8. The molecule has 76 heavy (non-hydrogen) atoms. The smallest absolute Gasteiger partial charge is 0.126 e. The molecular formula is C68H60N4O4. The van der Waals surface area contributed by atoms with Gasteiger partial charge in [0.15, 0.2) is 0 Å². The van der Waals surface area contributed by atoms with E-state index in [9.17, 15) is 0 Å². The highest BCUT2D eigenvalue weighted by Gasteiger charge is 2.24. The molecule has 376 valence electrons. The summed E-state index contributed by atoms with van der Waals surface area (Å²) >= 11 is 0. The lowest BCUT2D eigenvalue weighted by Crippen LogP contribution is -2.11. The number of ether oxygens (including phenoxy) is 4. The van der Waals surface area contributed by atoms with Gasteiger partial charge in [0.25, 0.3) is 0 Å². The fourth-order valence-electron chi connectivity index (χ4n) is 9.05. The van der Waals surface area contributed by atoms with Gasteiger partial charge in [-0.25, -0.2) is 0 Å². The molecule has 0 radical (unpaired) electrons. The summed E-state index contributed by atoms with van der Waals surface area (Å²) in [6, 6.07) is 32.8. The van der Waals surface area contributed by atoms with Crippen molar-refractivity contribution in [2.45, 2.75) is 79.1 Å². The molecule has 0 fully saturated rings. The number of pyridine rings is 4. The number of fused-ring (bicyclic) bond motifs is 8. The highest BCUT2D eigenvalue weighted by Crippen LogP contribution is 2.41. The summed E-state index contributed by atoms with van der Waals surface area (Å²) in [6.07, 6.45) is 19.3. The van der Waals surface area contributed by atoms with E-state index in [1.807, 2.05) is 48.5 Å². The molecule has 0 N–H and O–H groups in total. The first-order valence-corrected chi connectivity index (χ1v) is 26.3. The van der Waals surface area contributed by atoms with Gasteiger partial charge in [0, 0.05) is 164 Å². The Morgan fingerprint density at radius 3 is 0.618 bits per heavy atom. The Morgan fingerprint density at radius 2 is 0.447 bits per heavy atom. The predicted molar refractivity (Wildman–Crippen MR) is 301 cm³/mol. The van der Waals surface area contributed by atoms with Crippen LogP contribution in [0.3, 0.4) is 0 Å².